The lowest BCUT2D eigenvalue weighted by molar-refractivity contribution is -0.00575. The number of nitrogens with zero attached hydrogens (tertiary/aromatic N) is 1. The third kappa shape index (κ3) is 3.23. The van der Waals surface area contributed by atoms with Crippen LogP contribution in [-0.4, -0.2) is 22.6 Å². The van der Waals surface area contributed by atoms with Gasteiger partial charge in [-0.1, -0.05) is 39.0 Å². The molecule has 2 atom stereocenters. The lowest BCUT2D eigenvalue weighted by Gasteiger charge is -2.55. The molecule has 3 heteroatoms. The van der Waals surface area contributed by atoms with Crippen molar-refractivity contribution in [2.24, 2.45) is 10.8 Å². The lowest BCUT2D eigenvalue weighted by atomic mass is 9.59. The first-order valence-corrected chi connectivity index (χ1v) is 8.41. The van der Waals surface area contributed by atoms with Crippen molar-refractivity contribution in [3.05, 3.63) is 30.3 Å². The molecule has 1 saturated heterocycles. The number of hydrogen-bond donors (Lipinski definition) is 1. The van der Waals surface area contributed by atoms with Crippen LogP contribution in [0.3, 0.4) is 0 Å². The van der Waals surface area contributed by atoms with Crippen LogP contribution in [0.4, 0.5) is 5.69 Å². The van der Waals surface area contributed by atoms with E-state index in [9.17, 15) is 0 Å². The van der Waals surface area contributed by atoms with Crippen LogP contribution in [0.15, 0.2) is 30.3 Å². The molecule has 2 aliphatic rings. The average molecular weight is 302 g/mol. The maximum atomic E-state index is 5.69. The van der Waals surface area contributed by atoms with E-state index >= 15 is 0 Å². The van der Waals surface area contributed by atoms with Crippen LogP contribution in [0.2, 0.25) is 0 Å². The Morgan fingerprint density at radius 2 is 1.90 bits per heavy atom. The van der Waals surface area contributed by atoms with E-state index in [1.165, 1.54) is 25.7 Å². The number of para-hydroxylation sites is 1. The first-order valence-electron chi connectivity index (χ1n) is 8.00. The number of fused-ring (bicyclic) bond motifs is 2. The molecule has 1 saturated carbocycles. The number of benzene rings is 1. The van der Waals surface area contributed by atoms with Crippen LogP contribution in [0.5, 0.6) is 0 Å². The third-order valence-electron chi connectivity index (χ3n) is 5.10. The Bertz CT molecular complexity index is 523. The van der Waals surface area contributed by atoms with E-state index in [1.54, 1.807) is 0 Å². The van der Waals surface area contributed by atoms with E-state index in [0.29, 0.717) is 16.9 Å². The predicted molar refractivity (Wildman–Crippen MR) is 93.5 cm³/mol. The van der Waals surface area contributed by atoms with Crippen molar-refractivity contribution in [2.75, 3.05) is 11.9 Å². The fraction of sp³-hybridized carbons (Fsp3) is 0.611. The maximum absolute atomic E-state index is 5.69. The minimum absolute atomic E-state index is 0.429. The van der Waals surface area contributed by atoms with Crippen molar-refractivity contribution in [3.63, 3.8) is 0 Å². The standard InChI is InChI=1S/C18H26N2S/c1-17(2)11-15-12-18(3,13-17)9-10-20(15)16(21)19-14-7-5-4-6-8-14/h4-8,15H,9-13H2,1-3H3,(H,19,21)/t15-,18+/m1/s1. The van der Waals surface area contributed by atoms with Gasteiger partial charge in [-0.25, -0.2) is 0 Å². The molecule has 2 nitrogen and oxygen atoms in total. The second kappa shape index (κ2) is 5.28. The average Bonchev–Trinajstić information content (AvgIpc) is 2.37. The molecule has 0 unspecified atom stereocenters. The van der Waals surface area contributed by atoms with Crippen LogP contribution in [0.25, 0.3) is 0 Å². The van der Waals surface area contributed by atoms with Crippen LogP contribution in [0, 0.1) is 10.8 Å². The Balaban J connectivity index is 1.73. The number of thiocarbonyl (C=S) groups is 1. The molecule has 21 heavy (non-hydrogen) atoms. The highest BCUT2D eigenvalue weighted by atomic mass is 32.1. The number of likely N-dealkylation sites (tertiary alicyclic amines) is 1. The van der Waals surface area contributed by atoms with Crippen molar-refractivity contribution in [1.29, 1.82) is 0 Å². The molecule has 0 radical (unpaired) electrons. The zero-order chi connectivity index (χ0) is 15.1. The van der Waals surface area contributed by atoms with Gasteiger partial charge >= 0.3 is 0 Å². The van der Waals surface area contributed by atoms with Crippen LogP contribution >= 0.6 is 12.2 Å². The summed E-state index contributed by atoms with van der Waals surface area (Å²) >= 11 is 5.69. The molecule has 2 fully saturated rings. The highest BCUT2D eigenvalue weighted by Gasteiger charge is 2.46. The normalized spacial score (nSPS) is 30.8. The number of nitrogens with one attached hydrogen (secondary N) is 1. The summed E-state index contributed by atoms with van der Waals surface area (Å²) < 4.78 is 0. The van der Waals surface area contributed by atoms with E-state index in [-0.39, 0.29) is 0 Å². The van der Waals surface area contributed by atoms with E-state index in [2.05, 4.69) is 43.1 Å². The third-order valence-corrected chi connectivity index (χ3v) is 5.44. The molecule has 0 amide bonds. The minimum atomic E-state index is 0.429. The van der Waals surface area contributed by atoms with Gasteiger partial charge in [-0.05, 0) is 60.9 Å². The number of anilines is 1. The molecule has 3 rings (SSSR count). The highest BCUT2D eigenvalue weighted by Crippen LogP contribution is 2.51. The molecule has 114 valence electrons. The molecule has 0 aromatic heterocycles. The van der Waals surface area contributed by atoms with Gasteiger partial charge in [0.2, 0.25) is 0 Å². The van der Waals surface area contributed by atoms with Crippen LogP contribution < -0.4 is 5.32 Å². The Hall–Kier alpha value is -1.09. The Morgan fingerprint density at radius 3 is 2.62 bits per heavy atom. The Labute approximate surface area is 133 Å². The Kier molecular flexibility index (Phi) is 3.73. The van der Waals surface area contributed by atoms with Gasteiger partial charge in [-0.15, -0.1) is 0 Å². The molecule has 2 bridgehead atoms. The van der Waals surface area contributed by atoms with Crippen molar-refractivity contribution < 1.29 is 0 Å². The van der Waals surface area contributed by atoms with E-state index < -0.39 is 0 Å². The summed E-state index contributed by atoms with van der Waals surface area (Å²) in [7, 11) is 0. The Morgan fingerprint density at radius 1 is 1.19 bits per heavy atom. The summed E-state index contributed by atoms with van der Waals surface area (Å²) in [5.74, 6) is 0. The van der Waals surface area contributed by atoms with Gasteiger partial charge in [0.15, 0.2) is 5.11 Å². The summed E-state index contributed by atoms with van der Waals surface area (Å²) in [4.78, 5) is 2.44. The van der Waals surface area contributed by atoms with Gasteiger partial charge < -0.3 is 10.2 Å². The largest absolute Gasteiger partial charge is 0.346 e. The van der Waals surface area contributed by atoms with Gasteiger partial charge in [0.05, 0.1) is 0 Å². The minimum Gasteiger partial charge on any atom is -0.346 e. The molecular weight excluding hydrogens is 276 g/mol. The fourth-order valence-electron chi connectivity index (χ4n) is 4.55. The summed E-state index contributed by atoms with van der Waals surface area (Å²) in [6.07, 6.45) is 5.14. The molecule has 1 aromatic carbocycles. The molecule has 1 N–H and O–H groups in total. The molecule has 1 aromatic rings. The smallest absolute Gasteiger partial charge is 0.173 e. The van der Waals surface area contributed by atoms with Gasteiger partial charge in [0, 0.05) is 18.3 Å². The van der Waals surface area contributed by atoms with Crippen molar-refractivity contribution in [1.82, 2.24) is 4.90 Å². The summed E-state index contributed by atoms with van der Waals surface area (Å²) in [6.45, 7) is 8.38. The maximum Gasteiger partial charge on any atom is 0.173 e. The quantitative estimate of drug-likeness (QED) is 0.759. The fourth-order valence-corrected chi connectivity index (χ4v) is 4.90. The van der Waals surface area contributed by atoms with Crippen LogP contribution in [-0.2, 0) is 0 Å². The van der Waals surface area contributed by atoms with Crippen molar-refractivity contribution in [2.45, 2.75) is 52.5 Å². The van der Waals surface area contributed by atoms with E-state index in [1.807, 2.05) is 18.2 Å². The molecule has 1 aliphatic carbocycles. The second-order valence-corrected chi connectivity index (χ2v) is 8.34. The van der Waals surface area contributed by atoms with Gasteiger partial charge in [-0.2, -0.15) is 0 Å². The topological polar surface area (TPSA) is 15.3 Å². The highest BCUT2D eigenvalue weighted by molar-refractivity contribution is 7.80. The molecular formula is C18H26N2S. The first-order chi connectivity index (χ1) is 9.87. The molecule has 0 spiro atoms. The molecule has 1 aliphatic heterocycles. The second-order valence-electron chi connectivity index (χ2n) is 7.95. The summed E-state index contributed by atoms with van der Waals surface area (Å²) in [5, 5.41) is 4.31. The SMILES string of the molecule is CC1(C)C[C@@H]2C[C@](C)(CCN2C(=S)Nc2ccccc2)C1. The van der Waals surface area contributed by atoms with E-state index in [4.69, 9.17) is 12.2 Å². The van der Waals surface area contributed by atoms with E-state index in [0.717, 1.165) is 17.3 Å². The van der Waals surface area contributed by atoms with Crippen molar-refractivity contribution in [3.8, 4) is 0 Å². The predicted octanol–water partition coefficient (Wildman–Crippen LogP) is 4.67. The van der Waals surface area contributed by atoms with Gasteiger partial charge in [-0.3, -0.25) is 0 Å². The lowest BCUT2D eigenvalue weighted by Crippen LogP contribution is -2.55. The zero-order valence-electron chi connectivity index (χ0n) is 13.4. The van der Waals surface area contributed by atoms with Gasteiger partial charge in [0.1, 0.15) is 0 Å². The monoisotopic (exact) mass is 302 g/mol. The molecule has 1 heterocycles. The van der Waals surface area contributed by atoms with Gasteiger partial charge in [0.25, 0.3) is 0 Å². The number of rotatable bonds is 1. The van der Waals surface area contributed by atoms with Crippen LogP contribution in [0.1, 0.15) is 46.5 Å². The first kappa shape index (κ1) is 14.8. The summed E-state index contributed by atoms with van der Waals surface area (Å²) in [6, 6.07) is 10.9. The number of hydrogen-bond acceptors (Lipinski definition) is 1. The summed E-state index contributed by atoms with van der Waals surface area (Å²) in [5.41, 5.74) is 2.02. The van der Waals surface area contributed by atoms with Crippen molar-refractivity contribution >= 4 is 23.0 Å². The number of piperidine rings is 1. The zero-order valence-corrected chi connectivity index (χ0v) is 14.2.